The second kappa shape index (κ2) is 11.4. The highest BCUT2D eigenvalue weighted by molar-refractivity contribution is 5.72. The Morgan fingerprint density at radius 2 is 1.88 bits per heavy atom. The summed E-state index contributed by atoms with van der Waals surface area (Å²) in [5, 5.41) is 13.9. The van der Waals surface area contributed by atoms with E-state index in [0.717, 1.165) is 18.5 Å². The molecule has 33 heavy (non-hydrogen) atoms. The molecule has 0 unspecified atom stereocenters. The van der Waals surface area contributed by atoms with Crippen molar-refractivity contribution in [2.75, 3.05) is 13.7 Å². The molecule has 0 atom stereocenters. The molecule has 0 amide bonds. The van der Waals surface area contributed by atoms with Crippen LogP contribution >= 0.6 is 0 Å². The molecule has 0 fully saturated rings. The lowest BCUT2D eigenvalue weighted by molar-refractivity contribution is -0.136. The van der Waals surface area contributed by atoms with Gasteiger partial charge >= 0.3 is 5.97 Å². The summed E-state index contributed by atoms with van der Waals surface area (Å²) in [4.78, 5) is 11.2. The van der Waals surface area contributed by atoms with Crippen LogP contribution in [0.15, 0.2) is 48.5 Å². The zero-order valence-electron chi connectivity index (χ0n) is 19.7. The summed E-state index contributed by atoms with van der Waals surface area (Å²) in [5.41, 5.74) is 4.08. The summed E-state index contributed by atoms with van der Waals surface area (Å²) in [5.74, 6) is 0.722. The van der Waals surface area contributed by atoms with E-state index in [-0.39, 0.29) is 12.5 Å². The summed E-state index contributed by atoms with van der Waals surface area (Å²) in [6.07, 6.45) is 1.39. The maximum absolute atomic E-state index is 11.2. The molecule has 2 aromatic carbocycles. The third-order valence-corrected chi connectivity index (χ3v) is 5.22. The Bertz CT molecular complexity index is 1070. The number of nitrogens with zero attached hydrogens (tertiary/aromatic N) is 2. The lowest BCUT2D eigenvalue weighted by Crippen LogP contribution is -2.10. The van der Waals surface area contributed by atoms with Gasteiger partial charge in [0, 0.05) is 17.3 Å². The monoisotopic (exact) mass is 452 g/mol. The number of hydrogen-bond donors (Lipinski definition) is 1. The van der Waals surface area contributed by atoms with Crippen LogP contribution in [-0.4, -0.2) is 40.7 Å². The van der Waals surface area contributed by atoms with Gasteiger partial charge in [-0.3, -0.25) is 9.48 Å². The number of aliphatic carboxylic acids is 1. The van der Waals surface area contributed by atoms with E-state index in [1.807, 2.05) is 36.7 Å². The zero-order chi connectivity index (χ0) is 23.8. The Labute approximate surface area is 194 Å². The highest BCUT2D eigenvalue weighted by Crippen LogP contribution is 2.31. The third kappa shape index (κ3) is 6.75. The standard InChI is InChI=1S/C26H32N2O5/c1-18(2)33-24-16-22(28(27-24)17-21-10-6-5-9-19(21)3)12-8-14-32-26-20(15-25(29)30)11-7-13-23(26)31-4/h5-7,9-11,13,16,18H,8,12,14-15,17H2,1-4H3,(H,29,30). The van der Waals surface area contributed by atoms with Crippen LogP contribution in [0.25, 0.3) is 0 Å². The molecule has 7 nitrogen and oxygen atoms in total. The average molecular weight is 453 g/mol. The van der Waals surface area contributed by atoms with Crippen molar-refractivity contribution in [3.05, 3.63) is 70.9 Å². The second-order valence-corrected chi connectivity index (χ2v) is 8.20. The zero-order valence-corrected chi connectivity index (χ0v) is 19.7. The lowest BCUT2D eigenvalue weighted by atomic mass is 10.1. The van der Waals surface area contributed by atoms with Gasteiger partial charge in [-0.25, -0.2) is 0 Å². The Kier molecular flexibility index (Phi) is 8.35. The molecule has 1 aromatic heterocycles. The van der Waals surface area contributed by atoms with Crippen molar-refractivity contribution in [1.29, 1.82) is 0 Å². The number of benzene rings is 2. The van der Waals surface area contributed by atoms with E-state index < -0.39 is 5.97 Å². The van der Waals surface area contributed by atoms with Gasteiger partial charge in [-0.2, -0.15) is 0 Å². The van der Waals surface area contributed by atoms with Gasteiger partial charge in [-0.1, -0.05) is 36.4 Å². The first-order chi connectivity index (χ1) is 15.9. The van der Waals surface area contributed by atoms with Gasteiger partial charge in [0.05, 0.1) is 32.8 Å². The summed E-state index contributed by atoms with van der Waals surface area (Å²) < 4.78 is 19.2. The van der Waals surface area contributed by atoms with Crippen LogP contribution in [0.5, 0.6) is 17.4 Å². The number of para-hydroxylation sites is 1. The van der Waals surface area contributed by atoms with Crippen molar-refractivity contribution >= 4 is 5.97 Å². The fourth-order valence-electron chi connectivity index (χ4n) is 3.63. The fraction of sp³-hybridized carbons (Fsp3) is 0.385. The third-order valence-electron chi connectivity index (χ3n) is 5.22. The molecule has 1 N–H and O–H groups in total. The molecule has 3 aromatic rings. The highest BCUT2D eigenvalue weighted by Gasteiger charge is 2.15. The van der Waals surface area contributed by atoms with Crippen molar-refractivity contribution < 1.29 is 24.1 Å². The molecule has 0 aliphatic carbocycles. The predicted octanol–water partition coefficient (Wildman–Crippen LogP) is 4.67. The summed E-state index contributed by atoms with van der Waals surface area (Å²) in [6.45, 7) is 7.15. The SMILES string of the molecule is COc1cccc(CC(=O)O)c1OCCCc1cc(OC(C)C)nn1Cc1ccccc1C. The molecular formula is C26H32N2O5. The molecule has 7 heteroatoms. The van der Waals surface area contributed by atoms with E-state index in [1.165, 1.54) is 11.1 Å². The Morgan fingerprint density at radius 3 is 2.58 bits per heavy atom. The van der Waals surface area contributed by atoms with E-state index in [0.29, 0.717) is 36.1 Å². The molecule has 0 aliphatic heterocycles. The lowest BCUT2D eigenvalue weighted by Gasteiger charge is -2.14. The van der Waals surface area contributed by atoms with E-state index in [9.17, 15) is 9.90 Å². The number of hydrogen-bond acceptors (Lipinski definition) is 5. The Balaban J connectivity index is 1.70. The van der Waals surface area contributed by atoms with E-state index in [4.69, 9.17) is 14.2 Å². The topological polar surface area (TPSA) is 82.8 Å². The molecule has 1 heterocycles. The number of methoxy groups -OCH3 is 1. The van der Waals surface area contributed by atoms with E-state index in [1.54, 1.807) is 25.3 Å². The first-order valence-electron chi connectivity index (χ1n) is 11.2. The van der Waals surface area contributed by atoms with Crippen molar-refractivity contribution in [2.45, 2.75) is 52.7 Å². The number of rotatable bonds is 12. The molecule has 0 spiro atoms. The minimum Gasteiger partial charge on any atom is -0.493 e. The molecule has 0 saturated heterocycles. The van der Waals surface area contributed by atoms with Gasteiger partial charge in [0.15, 0.2) is 11.5 Å². The van der Waals surface area contributed by atoms with Gasteiger partial charge in [0.1, 0.15) is 0 Å². The molecular weight excluding hydrogens is 420 g/mol. The smallest absolute Gasteiger partial charge is 0.307 e. The van der Waals surface area contributed by atoms with Crippen molar-refractivity contribution in [3.8, 4) is 17.4 Å². The molecule has 0 radical (unpaired) electrons. The highest BCUT2D eigenvalue weighted by atomic mass is 16.5. The number of aromatic nitrogens is 2. The van der Waals surface area contributed by atoms with Crippen molar-refractivity contribution in [1.82, 2.24) is 9.78 Å². The second-order valence-electron chi connectivity index (χ2n) is 8.20. The largest absolute Gasteiger partial charge is 0.493 e. The summed E-state index contributed by atoms with van der Waals surface area (Å²) in [7, 11) is 1.55. The van der Waals surface area contributed by atoms with Crippen LogP contribution in [0.2, 0.25) is 0 Å². The summed E-state index contributed by atoms with van der Waals surface area (Å²) in [6, 6.07) is 15.5. The van der Waals surface area contributed by atoms with Gasteiger partial charge in [-0.15, -0.1) is 5.10 Å². The first-order valence-corrected chi connectivity index (χ1v) is 11.2. The Morgan fingerprint density at radius 1 is 1.12 bits per heavy atom. The predicted molar refractivity (Wildman–Crippen MR) is 126 cm³/mol. The normalized spacial score (nSPS) is 10.9. The van der Waals surface area contributed by atoms with Gasteiger partial charge < -0.3 is 19.3 Å². The maximum Gasteiger partial charge on any atom is 0.307 e. The van der Waals surface area contributed by atoms with Crippen LogP contribution in [0.4, 0.5) is 0 Å². The minimum atomic E-state index is -0.911. The fourth-order valence-corrected chi connectivity index (χ4v) is 3.63. The van der Waals surface area contributed by atoms with E-state index in [2.05, 4.69) is 24.2 Å². The van der Waals surface area contributed by atoms with Crippen LogP contribution in [0, 0.1) is 6.92 Å². The first kappa shape index (κ1) is 24.2. The molecule has 176 valence electrons. The van der Waals surface area contributed by atoms with Crippen molar-refractivity contribution in [2.24, 2.45) is 0 Å². The molecule has 3 rings (SSSR count). The van der Waals surface area contributed by atoms with Gasteiger partial charge in [0.2, 0.25) is 5.88 Å². The number of carboxylic acids is 1. The van der Waals surface area contributed by atoms with Gasteiger partial charge in [-0.05, 0) is 50.8 Å². The summed E-state index contributed by atoms with van der Waals surface area (Å²) >= 11 is 0. The quantitative estimate of drug-likeness (QED) is 0.402. The van der Waals surface area contributed by atoms with E-state index >= 15 is 0 Å². The minimum absolute atomic E-state index is 0.0428. The number of carbonyl (C=O) groups is 1. The van der Waals surface area contributed by atoms with Crippen LogP contribution in [0.3, 0.4) is 0 Å². The average Bonchev–Trinajstić information content (AvgIpc) is 3.13. The van der Waals surface area contributed by atoms with Gasteiger partial charge in [0.25, 0.3) is 0 Å². The molecule has 0 saturated carbocycles. The van der Waals surface area contributed by atoms with Crippen LogP contribution < -0.4 is 14.2 Å². The number of carboxylic acid groups (broad SMARTS) is 1. The maximum atomic E-state index is 11.2. The van der Waals surface area contributed by atoms with Crippen LogP contribution in [0.1, 0.15) is 42.7 Å². The molecule has 0 bridgehead atoms. The number of aryl methyl sites for hydroxylation is 2. The number of ether oxygens (including phenoxy) is 3. The Hall–Kier alpha value is -3.48. The van der Waals surface area contributed by atoms with Crippen molar-refractivity contribution in [3.63, 3.8) is 0 Å². The molecule has 0 aliphatic rings. The van der Waals surface area contributed by atoms with Crippen LogP contribution in [-0.2, 0) is 24.2 Å².